The summed E-state index contributed by atoms with van der Waals surface area (Å²) in [5.41, 5.74) is 0.708. The van der Waals surface area contributed by atoms with Gasteiger partial charge in [0.25, 0.3) is 5.91 Å². The van der Waals surface area contributed by atoms with Gasteiger partial charge in [0.15, 0.2) is 0 Å². The fourth-order valence-corrected chi connectivity index (χ4v) is 2.86. The fourth-order valence-electron chi connectivity index (χ4n) is 1.09. The summed E-state index contributed by atoms with van der Waals surface area (Å²) in [6.45, 7) is 2.50. The topological polar surface area (TPSA) is 46.2 Å². The third-order valence-corrected chi connectivity index (χ3v) is 5.39. The van der Waals surface area contributed by atoms with E-state index in [0.29, 0.717) is 12.1 Å². The standard InChI is InChI=1S/C10H14INO2S2/c1-7(16(2)14)3-4-12-10(13)8-5-9(11)15-6-8/h5-7H,3-4H2,1-2H3,(H,12,13). The normalized spacial score (nSPS) is 14.4. The van der Waals surface area contributed by atoms with Crippen LogP contribution in [0.2, 0.25) is 0 Å². The van der Waals surface area contributed by atoms with Gasteiger partial charge in [0.2, 0.25) is 0 Å². The zero-order chi connectivity index (χ0) is 12.1. The Morgan fingerprint density at radius 3 is 2.88 bits per heavy atom. The fraction of sp³-hybridized carbons (Fsp3) is 0.500. The first kappa shape index (κ1) is 14.1. The molecule has 1 aromatic heterocycles. The number of hydrogen-bond acceptors (Lipinski definition) is 3. The zero-order valence-electron chi connectivity index (χ0n) is 9.16. The van der Waals surface area contributed by atoms with Crippen molar-refractivity contribution in [2.45, 2.75) is 18.6 Å². The number of thiophene rings is 1. The molecule has 0 aromatic carbocycles. The molecule has 1 N–H and O–H groups in total. The van der Waals surface area contributed by atoms with Gasteiger partial charge in [-0.1, -0.05) is 6.92 Å². The lowest BCUT2D eigenvalue weighted by molar-refractivity contribution is 0.0953. The quantitative estimate of drug-likeness (QED) is 0.807. The van der Waals surface area contributed by atoms with Crippen LogP contribution in [-0.2, 0) is 10.8 Å². The predicted octanol–water partition coefficient (Wildman–Crippen LogP) is 2.24. The van der Waals surface area contributed by atoms with E-state index in [-0.39, 0.29) is 11.2 Å². The molecule has 2 atom stereocenters. The molecular weight excluding hydrogens is 357 g/mol. The van der Waals surface area contributed by atoms with Gasteiger partial charge in [-0.3, -0.25) is 9.00 Å². The van der Waals surface area contributed by atoms with Gasteiger partial charge in [0.1, 0.15) is 0 Å². The van der Waals surface area contributed by atoms with Crippen LogP contribution >= 0.6 is 33.9 Å². The Balaban J connectivity index is 2.34. The summed E-state index contributed by atoms with van der Waals surface area (Å²) in [7, 11) is -0.816. The molecule has 90 valence electrons. The first-order valence-electron chi connectivity index (χ1n) is 4.85. The van der Waals surface area contributed by atoms with E-state index in [0.717, 1.165) is 9.30 Å². The van der Waals surface area contributed by atoms with E-state index >= 15 is 0 Å². The Morgan fingerprint density at radius 2 is 2.38 bits per heavy atom. The predicted molar refractivity (Wildman–Crippen MR) is 77.5 cm³/mol. The van der Waals surface area contributed by atoms with Crippen molar-refractivity contribution in [2.75, 3.05) is 12.8 Å². The molecule has 0 radical (unpaired) electrons. The smallest absolute Gasteiger partial charge is 0.252 e. The van der Waals surface area contributed by atoms with Crippen molar-refractivity contribution in [3.05, 3.63) is 19.9 Å². The Bertz CT molecular complexity index is 392. The molecule has 1 aromatic rings. The number of nitrogens with one attached hydrogen (secondary N) is 1. The van der Waals surface area contributed by atoms with E-state index in [9.17, 15) is 9.00 Å². The molecule has 0 saturated carbocycles. The van der Waals surface area contributed by atoms with E-state index in [4.69, 9.17) is 0 Å². The molecule has 3 nitrogen and oxygen atoms in total. The van der Waals surface area contributed by atoms with E-state index < -0.39 is 10.8 Å². The number of hydrogen-bond donors (Lipinski definition) is 1. The van der Waals surface area contributed by atoms with Gasteiger partial charge in [0.05, 0.1) is 8.45 Å². The van der Waals surface area contributed by atoms with Crippen LogP contribution in [0.1, 0.15) is 23.7 Å². The van der Waals surface area contributed by atoms with Gasteiger partial charge in [-0.05, 0) is 35.1 Å². The van der Waals surface area contributed by atoms with Crippen LogP contribution in [0.25, 0.3) is 0 Å². The summed E-state index contributed by atoms with van der Waals surface area (Å²) in [6, 6.07) is 1.86. The second kappa shape index (κ2) is 6.70. The van der Waals surface area contributed by atoms with Gasteiger partial charge in [-0.25, -0.2) is 0 Å². The highest BCUT2D eigenvalue weighted by molar-refractivity contribution is 14.1. The summed E-state index contributed by atoms with van der Waals surface area (Å²) < 4.78 is 12.2. The Hall–Kier alpha value is 0.0500. The SMILES string of the molecule is CC(CCNC(=O)c1csc(I)c1)S(C)=O. The van der Waals surface area contributed by atoms with Gasteiger partial charge in [-0.15, -0.1) is 11.3 Å². The average molecular weight is 371 g/mol. The van der Waals surface area contributed by atoms with Crippen molar-refractivity contribution in [2.24, 2.45) is 0 Å². The van der Waals surface area contributed by atoms with Crippen molar-refractivity contribution >= 4 is 50.6 Å². The van der Waals surface area contributed by atoms with Crippen molar-refractivity contribution in [1.82, 2.24) is 5.32 Å². The lowest BCUT2D eigenvalue weighted by Crippen LogP contribution is -2.27. The maximum atomic E-state index is 11.6. The average Bonchev–Trinajstić information content (AvgIpc) is 2.64. The van der Waals surface area contributed by atoms with Gasteiger partial charge in [0, 0.05) is 34.2 Å². The summed E-state index contributed by atoms with van der Waals surface area (Å²) in [5.74, 6) is -0.0479. The molecule has 0 saturated heterocycles. The maximum Gasteiger partial charge on any atom is 0.252 e. The summed E-state index contributed by atoms with van der Waals surface area (Å²) >= 11 is 3.74. The minimum absolute atomic E-state index is 0.0479. The number of amides is 1. The molecule has 0 spiro atoms. The van der Waals surface area contributed by atoms with Gasteiger partial charge in [-0.2, -0.15) is 0 Å². The molecule has 0 aliphatic carbocycles. The third kappa shape index (κ3) is 4.50. The number of halogens is 1. The largest absolute Gasteiger partial charge is 0.352 e. The van der Waals surface area contributed by atoms with Crippen LogP contribution in [0.5, 0.6) is 0 Å². The summed E-state index contributed by atoms with van der Waals surface area (Å²) in [4.78, 5) is 11.6. The number of rotatable bonds is 5. The second-order valence-electron chi connectivity index (χ2n) is 3.49. The molecular formula is C10H14INO2S2. The highest BCUT2D eigenvalue weighted by Gasteiger charge is 2.09. The molecule has 0 fully saturated rings. The number of carbonyl (C=O) groups excluding carboxylic acids is 1. The molecule has 1 rings (SSSR count). The zero-order valence-corrected chi connectivity index (χ0v) is 12.9. The van der Waals surface area contributed by atoms with Crippen molar-refractivity contribution < 1.29 is 9.00 Å². The molecule has 1 amide bonds. The van der Waals surface area contributed by atoms with E-state index in [1.54, 1.807) is 17.6 Å². The van der Waals surface area contributed by atoms with Crippen LogP contribution in [0.3, 0.4) is 0 Å². The maximum absolute atomic E-state index is 11.6. The molecule has 1 heterocycles. The molecule has 0 aliphatic rings. The lowest BCUT2D eigenvalue weighted by atomic mass is 10.3. The molecule has 0 bridgehead atoms. The minimum Gasteiger partial charge on any atom is -0.352 e. The van der Waals surface area contributed by atoms with Crippen LogP contribution in [0.15, 0.2) is 11.4 Å². The van der Waals surface area contributed by atoms with Crippen molar-refractivity contribution in [3.63, 3.8) is 0 Å². The van der Waals surface area contributed by atoms with Crippen LogP contribution in [0, 0.1) is 2.88 Å². The molecule has 0 aliphatic heterocycles. The summed E-state index contributed by atoms with van der Waals surface area (Å²) in [6.07, 6.45) is 2.43. The van der Waals surface area contributed by atoms with Crippen LogP contribution in [-0.4, -0.2) is 28.2 Å². The van der Waals surface area contributed by atoms with Crippen molar-refractivity contribution in [3.8, 4) is 0 Å². The van der Waals surface area contributed by atoms with Crippen LogP contribution < -0.4 is 5.32 Å². The lowest BCUT2D eigenvalue weighted by Gasteiger charge is -2.08. The van der Waals surface area contributed by atoms with Gasteiger partial charge < -0.3 is 5.32 Å². The van der Waals surface area contributed by atoms with Crippen molar-refractivity contribution in [1.29, 1.82) is 0 Å². The highest BCUT2D eigenvalue weighted by atomic mass is 127. The van der Waals surface area contributed by atoms with E-state index in [2.05, 4.69) is 27.9 Å². The Labute approximate surface area is 116 Å². The second-order valence-corrected chi connectivity index (χ2v) is 8.10. The first-order valence-corrected chi connectivity index (χ1v) is 8.43. The summed E-state index contributed by atoms with van der Waals surface area (Å²) in [5, 5.41) is 4.80. The molecule has 6 heteroatoms. The monoisotopic (exact) mass is 371 g/mol. The Morgan fingerprint density at radius 1 is 1.69 bits per heavy atom. The molecule has 16 heavy (non-hydrogen) atoms. The van der Waals surface area contributed by atoms with E-state index in [1.165, 1.54) is 0 Å². The highest BCUT2D eigenvalue weighted by Crippen LogP contribution is 2.16. The van der Waals surface area contributed by atoms with Gasteiger partial charge >= 0.3 is 0 Å². The first-order chi connectivity index (χ1) is 7.50. The number of carbonyl (C=O) groups is 1. The van der Waals surface area contributed by atoms with E-state index in [1.807, 2.05) is 18.4 Å². The minimum atomic E-state index is -0.816. The van der Waals surface area contributed by atoms with Crippen LogP contribution in [0.4, 0.5) is 0 Å². The Kier molecular flexibility index (Phi) is 5.91. The third-order valence-electron chi connectivity index (χ3n) is 2.23. The molecule has 2 unspecified atom stereocenters.